The van der Waals surface area contributed by atoms with Gasteiger partial charge in [-0.3, -0.25) is 0 Å². The highest BCUT2D eigenvalue weighted by Gasteiger charge is 2.03. The topological polar surface area (TPSA) is 49.8 Å². The zero-order chi connectivity index (χ0) is 11.5. The normalized spacial score (nSPS) is 9.75. The van der Waals surface area contributed by atoms with Crippen molar-refractivity contribution in [2.75, 3.05) is 5.73 Å². The van der Waals surface area contributed by atoms with Gasteiger partial charge in [0.25, 0.3) is 0 Å². The number of hydrogen-bond donors (Lipinski definition) is 1. The van der Waals surface area contributed by atoms with E-state index >= 15 is 0 Å². The SMILES string of the molecule is Cc1ccc(N)cc1-c1cccc(C#N)c1. The second kappa shape index (κ2) is 4.08. The highest BCUT2D eigenvalue weighted by atomic mass is 14.5. The first-order chi connectivity index (χ1) is 7.70. The van der Waals surface area contributed by atoms with E-state index in [1.807, 2.05) is 43.3 Å². The van der Waals surface area contributed by atoms with Crippen LogP contribution in [0.2, 0.25) is 0 Å². The van der Waals surface area contributed by atoms with Crippen LogP contribution in [-0.4, -0.2) is 0 Å². The number of nitrogens with two attached hydrogens (primary N) is 1. The van der Waals surface area contributed by atoms with Gasteiger partial charge in [0, 0.05) is 5.69 Å². The van der Waals surface area contributed by atoms with Gasteiger partial charge in [-0.05, 0) is 47.9 Å². The van der Waals surface area contributed by atoms with E-state index in [2.05, 4.69) is 6.07 Å². The van der Waals surface area contributed by atoms with Gasteiger partial charge in [-0.25, -0.2) is 0 Å². The fourth-order valence-electron chi connectivity index (χ4n) is 1.71. The maximum atomic E-state index is 8.86. The van der Waals surface area contributed by atoms with E-state index in [-0.39, 0.29) is 0 Å². The molecule has 2 N–H and O–H groups in total. The summed E-state index contributed by atoms with van der Waals surface area (Å²) in [5.41, 5.74) is 10.4. The van der Waals surface area contributed by atoms with Gasteiger partial charge < -0.3 is 5.73 Å². The summed E-state index contributed by atoms with van der Waals surface area (Å²) >= 11 is 0. The van der Waals surface area contributed by atoms with Crippen molar-refractivity contribution in [1.29, 1.82) is 5.26 Å². The summed E-state index contributed by atoms with van der Waals surface area (Å²) in [5, 5.41) is 8.86. The van der Waals surface area contributed by atoms with Crippen molar-refractivity contribution in [1.82, 2.24) is 0 Å². The number of nitrogen functional groups attached to an aromatic ring is 1. The van der Waals surface area contributed by atoms with Crippen LogP contribution in [0.4, 0.5) is 5.69 Å². The van der Waals surface area contributed by atoms with Crippen molar-refractivity contribution < 1.29 is 0 Å². The molecule has 2 aromatic rings. The second-order valence-electron chi connectivity index (χ2n) is 3.77. The molecule has 0 radical (unpaired) electrons. The summed E-state index contributed by atoms with van der Waals surface area (Å²) in [4.78, 5) is 0. The molecule has 0 aromatic heterocycles. The fraction of sp³-hybridized carbons (Fsp3) is 0.0714. The third kappa shape index (κ3) is 1.89. The molecule has 0 aliphatic rings. The lowest BCUT2D eigenvalue weighted by molar-refractivity contribution is 1.44. The molecule has 0 amide bonds. The first-order valence-electron chi connectivity index (χ1n) is 5.07. The Morgan fingerprint density at radius 1 is 1.12 bits per heavy atom. The molecule has 0 unspecified atom stereocenters. The van der Waals surface area contributed by atoms with Gasteiger partial charge in [0.05, 0.1) is 11.6 Å². The first-order valence-corrected chi connectivity index (χ1v) is 5.07. The van der Waals surface area contributed by atoms with E-state index in [9.17, 15) is 0 Å². The predicted molar refractivity (Wildman–Crippen MR) is 65.7 cm³/mol. The highest BCUT2D eigenvalue weighted by molar-refractivity contribution is 5.71. The Labute approximate surface area is 95.0 Å². The molecule has 0 saturated carbocycles. The number of anilines is 1. The molecular formula is C14H12N2. The molecule has 0 aliphatic carbocycles. The highest BCUT2D eigenvalue weighted by Crippen LogP contribution is 2.26. The summed E-state index contributed by atoms with van der Waals surface area (Å²) < 4.78 is 0. The number of aryl methyl sites for hydroxylation is 1. The van der Waals surface area contributed by atoms with E-state index in [1.54, 1.807) is 6.07 Å². The Morgan fingerprint density at radius 3 is 2.69 bits per heavy atom. The average Bonchev–Trinajstić information content (AvgIpc) is 2.32. The molecule has 2 heteroatoms. The van der Waals surface area contributed by atoms with Gasteiger partial charge in [0.2, 0.25) is 0 Å². The second-order valence-corrected chi connectivity index (χ2v) is 3.77. The Morgan fingerprint density at radius 2 is 1.94 bits per heavy atom. The standard InChI is InChI=1S/C14H12N2/c1-10-5-6-13(16)8-14(10)12-4-2-3-11(7-12)9-15/h2-8H,16H2,1H3. The molecule has 0 heterocycles. The zero-order valence-electron chi connectivity index (χ0n) is 9.07. The summed E-state index contributed by atoms with van der Waals surface area (Å²) in [6.07, 6.45) is 0. The quantitative estimate of drug-likeness (QED) is 0.732. The molecule has 2 nitrogen and oxygen atoms in total. The summed E-state index contributed by atoms with van der Waals surface area (Å²) in [7, 11) is 0. The minimum absolute atomic E-state index is 0.666. The average molecular weight is 208 g/mol. The Hall–Kier alpha value is -2.27. The summed E-state index contributed by atoms with van der Waals surface area (Å²) in [5.74, 6) is 0. The van der Waals surface area contributed by atoms with Gasteiger partial charge in [-0.1, -0.05) is 18.2 Å². The van der Waals surface area contributed by atoms with Crippen LogP contribution in [0, 0.1) is 18.3 Å². The van der Waals surface area contributed by atoms with Crippen LogP contribution in [0.25, 0.3) is 11.1 Å². The Kier molecular flexibility index (Phi) is 2.61. The lowest BCUT2D eigenvalue weighted by Crippen LogP contribution is -1.89. The maximum Gasteiger partial charge on any atom is 0.0991 e. The van der Waals surface area contributed by atoms with Crippen LogP contribution in [-0.2, 0) is 0 Å². The van der Waals surface area contributed by atoms with Crippen molar-refractivity contribution >= 4 is 5.69 Å². The zero-order valence-corrected chi connectivity index (χ0v) is 9.07. The smallest absolute Gasteiger partial charge is 0.0991 e. The lowest BCUT2D eigenvalue weighted by Gasteiger charge is -2.07. The van der Waals surface area contributed by atoms with Crippen LogP contribution < -0.4 is 5.73 Å². The molecule has 0 bridgehead atoms. The molecule has 16 heavy (non-hydrogen) atoms. The first kappa shape index (κ1) is 10.3. The van der Waals surface area contributed by atoms with Crippen molar-refractivity contribution in [2.45, 2.75) is 6.92 Å². The number of benzene rings is 2. The van der Waals surface area contributed by atoms with Crippen LogP contribution in [0.15, 0.2) is 42.5 Å². The van der Waals surface area contributed by atoms with Crippen molar-refractivity contribution in [3.05, 3.63) is 53.6 Å². The maximum absolute atomic E-state index is 8.86. The van der Waals surface area contributed by atoms with Crippen molar-refractivity contribution in [3.63, 3.8) is 0 Å². The Bertz CT molecular complexity index is 565. The van der Waals surface area contributed by atoms with E-state index in [1.165, 1.54) is 0 Å². The molecular weight excluding hydrogens is 196 g/mol. The minimum atomic E-state index is 0.666. The molecule has 0 spiro atoms. The van der Waals surface area contributed by atoms with Crippen molar-refractivity contribution in [3.8, 4) is 17.2 Å². The van der Waals surface area contributed by atoms with E-state index in [0.29, 0.717) is 5.56 Å². The van der Waals surface area contributed by atoms with Crippen LogP contribution in [0.1, 0.15) is 11.1 Å². The Balaban J connectivity index is 2.58. The van der Waals surface area contributed by atoms with Crippen LogP contribution in [0.3, 0.4) is 0 Å². The third-order valence-electron chi connectivity index (χ3n) is 2.56. The van der Waals surface area contributed by atoms with E-state index < -0.39 is 0 Å². The number of hydrogen-bond acceptors (Lipinski definition) is 2. The van der Waals surface area contributed by atoms with Crippen LogP contribution >= 0.6 is 0 Å². The summed E-state index contributed by atoms with van der Waals surface area (Å²) in [6.45, 7) is 2.04. The van der Waals surface area contributed by atoms with Crippen LogP contribution in [0.5, 0.6) is 0 Å². The minimum Gasteiger partial charge on any atom is -0.399 e. The molecule has 78 valence electrons. The largest absolute Gasteiger partial charge is 0.399 e. The van der Waals surface area contributed by atoms with Gasteiger partial charge in [-0.15, -0.1) is 0 Å². The molecule has 2 aromatic carbocycles. The fourth-order valence-corrected chi connectivity index (χ4v) is 1.71. The van der Waals surface area contributed by atoms with E-state index in [4.69, 9.17) is 11.0 Å². The summed E-state index contributed by atoms with van der Waals surface area (Å²) in [6, 6.07) is 15.5. The van der Waals surface area contributed by atoms with Crippen molar-refractivity contribution in [2.24, 2.45) is 0 Å². The van der Waals surface area contributed by atoms with Gasteiger partial charge in [0.1, 0.15) is 0 Å². The third-order valence-corrected chi connectivity index (χ3v) is 2.56. The number of rotatable bonds is 1. The molecule has 0 saturated heterocycles. The lowest BCUT2D eigenvalue weighted by atomic mass is 9.98. The number of nitriles is 1. The van der Waals surface area contributed by atoms with Gasteiger partial charge >= 0.3 is 0 Å². The number of nitrogens with zero attached hydrogens (tertiary/aromatic N) is 1. The monoisotopic (exact) mass is 208 g/mol. The molecule has 0 fully saturated rings. The predicted octanol–water partition coefficient (Wildman–Crippen LogP) is 3.12. The molecule has 0 atom stereocenters. The van der Waals surface area contributed by atoms with E-state index in [0.717, 1.165) is 22.4 Å². The van der Waals surface area contributed by atoms with Gasteiger partial charge in [0.15, 0.2) is 0 Å². The molecule has 2 rings (SSSR count). The molecule has 0 aliphatic heterocycles. The van der Waals surface area contributed by atoms with Gasteiger partial charge in [-0.2, -0.15) is 5.26 Å².